The SMILES string of the molecule is Cn1c(COc2ccc(F)cc2)nnc1SCC(=O)Nc1ccc(Cl)c([N+](=O)[O-])c1. The van der Waals surface area contributed by atoms with Crippen molar-refractivity contribution in [2.45, 2.75) is 11.8 Å². The second-order valence-corrected chi connectivity index (χ2v) is 7.31. The van der Waals surface area contributed by atoms with Gasteiger partial charge in [0.05, 0.1) is 10.7 Å². The first-order chi connectivity index (χ1) is 14.3. The number of rotatable bonds is 8. The number of carbonyl (C=O) groups is 1. The molecule has 0 bridgehead atoms. The number of carbonyl (C=O) groups excluding carboxylic acids is 1. The number of anilines is 1. The second kappa shape index (κ2) is 9.55. The predicted octanol–water partition coefficient (Wildman–Crippen LogP) is 3.83. The van der Waals surface area contributed by atoms with Crippen LogP contribution in [0.4, 0.5) is 15.8 Å². The molecule has 3 aromatic rings. The summed E-state index contributed by atoms with van der Waals surface area (Å²) in [5.41, 5.74) is -0.0238. The number of nitrogens with one attached hydrogen (secondary N) is 1. The van der Waals surface area contributed by atoms with E-state index in [-0.39, 0.29) is 40.5 Å². The third kappa shape index (κ3) is 5.45. The van der Waals surface area contributed by atoms with Gasteiger partial charge in [0, 0.05) is 18.8 Å². The monoisotopic (exact) mass is 451 g/mol. The Balaban J connectivity index is 1.54. The van der Waals surface area contributed by atoms with Gasteiger partial charge in [0.1, 0.15) is 23.2 Å². The van der Waals surface area contributed by atoms with E-state index in [4.69, 9.17) is 16.3 Å². The second-order valence-electron chi connectivity index (χ2n) is 5.96. The molecule has 1 amide bonds. The van der Waals surface area contributed by atoms with Crippen LogP contribution in [0, 0.1) is 15.9 Å². The molecule has 3 rings (SSSR count). The molecule has 2 aromatic carbocycles. The lowest BCUT2D eigenvalue weighted by Crippen LogP contribution is -2.14. The quantitative estimate of drug-likeness (QED) is 0.314. The van der Waals surface area contributed by atoms with Gasteiger partial charge in [-0.3, -0.25) is 14.9 Å². The van der Waals surface area contributed by atoms with Crippen LogP contribution >= 0.6 is 23.4 Å². The highest BCUT2D eigenvalue weighted by molar-refractivity contribution is 7.99. The van der Waals surface area contributed by atoms with Crippen LogP contribution in [0.5, 0.6) is 5.75 Å². The minimum atomic E-state index is -0.623. The molecule has 0 fully saturated rings. The molecule has 156 valence electrons. The summed E-state index contributed by atoms with van der Waals surface area (Å²) in [6.07, 6.45) is 0. The van der Waals surface area contributed by atoms with Gasteiger partial charge in [0.2, 0.25) is 5.91 Å². The standard InChI is InChI=1S/C18H15ClFN5O4S/c1-24-16(9-29-13-5-2-11(20)3-6-13)22-23-18(24)30-10-17(26)21-12-4-7-14(19)15(8-12)25(27)28/h2-8H,9-10H2,1H3,(H,21,26). The topological polar surface area (TPSA) is 112 Å². The molecule has 0 aliphatic rings. The maximum atomic E-state index is 12.9. The van der Waals surface area contributed by atoms with E-state index in [2.05, 4.69) is 15.5 Å². The number of thioether (sulfide) groups is 1. The van der Waals surface area contributed by atoms with Gasteiger partial charge in [-0.05, 0) is 36.4 Å². The zero-order chi connectivity index (χ0) is 21.7. The Labute approximate surface area is 179 Å². The van der Waals surface area contributed by atoms with Gasteiger partial charge in [-0.15, -0.1) is 10.2 Å². The largest absolute Gasteiger partial charge is 0.486 e. The molecule has 1 N–H and O–H groups in total. The number of amides is 1. The maximum absolute atomic E-state index is 12.9. The smallest absolute Gasteiger partial charge is 0.289 e. The number of nitro groups is 1. The number of nitro benzene ring substituents is 1. The lowest BCUT2D eigenvalue weighted by atomic mass is 10.3. The fraction of sp³-hybridized carbons (Fsp3) is 0.167. The third-order valence-electron chi connectivity index (χ3n) is 3.87. The van der Waals surface area contributed by atoms with E-state index in [1.807, 2.05) is 0 Å². The summed E-state index contributed by atoms with van der Waals surface area (Å²) < 4.78 is 20.1. The highest BCUT2D eigenvalue weighted by atomic mass is 35.5. The zero-order valence-corrected chi connectivity index (χ0v) is 17.1. The van der Waals surface area contributed by atoms with Crippen molar-refractivity contribution < 1.29 is 18.8 Å². The molecule has 0 saturated heterocycles. The Morgan fingerprint density at radius 3 is 2.73 bits per heavy atom. The van der Waals surface area contributed by atoms with Gasteiger partial charge >= 0.3 is 0 Å². The van der Waals surface area contributed by atoms with Gasteiger partial charge in [-0.1, -0.05) is 23.4 Å². The molecule has 0 unspecified atom stereocenters. The summed E-state index contributed by atoms with van der Waals surface area (Å²) >= 11 is 6.90. The fourth-order valence-corrected chi connectivity index (χ4v) is 3.25. The first-order valence-corrected chi connectivity index (χ1v) is 9.83. The van der Waals surface area contributed by atoms with Crippen molar-refractivity contribution in [1.29, 1.82) is 0 Å². The van der Waals surface area contributed by atoms with Crippen LogP contribution in [0.1, 0.15) is 5.82 Å². The van der Waals surface area contributed by atoms with Crippen molar-refractivity contribution in [2.75, 3.05) is 11.1 Å². The average Bonchev–Trinajstić information content (AvgIpc) is 3.07. The number of aromatic nitrogens is 3. The van der Waals surface area contributed by atoms with Crippen LogP contribution in [0.25, 0.3) is 0 Å². The molecule has 1 aromatic heterocycles. The molecule has 30 heavy (non-hydrogen) atoms. The fourth-order valence-electron chi connectivity index (χ4n) is 2.33. The summed E-state index contributed by atoms with van der Waals surface area (Å²) in [7, 11) is 1.73. The van der Waals surface area contributed by atoms with E-state index in [1.54, 1.807) is 11.6 Å². The minimum absolute atomic E-state index is 0.0122. The zero-order valence-electron chi connectivity index (χ0n) is 15.5. The Hall–Kier alpha value is -3.18. The summed E-state index contributed by atoms with van der Waals surface area (Å²) in [5, 5.41) is 22.0. The molecular weight excluding hydrogens is 437 g/mol. The normalized spacial score (nSPS) is 10.6. The lowest BCUT2D eigenvalue weighted by molar-refractivity contribution is -0.384. The van der Waals surface area contributed by atoms with Crippen molar-refractivity contribution in [2.24, 2.45) is 7.05 Å². The third-order valence-corrected chi connectivity index (χ3v) is 5.21. The highest BCUT2D eigenvalue weighted by Crippen LogP contribution is 2.27. The number of benzene rings is 2. The van der Waals surface area contributed by atoms with Crippen LogP contribution in [-0.2, 0) is 18.4 Å². The summed E-state index contributed by atoms with van der Waals surface area (Å²) in [5.74, 6) is 0.303. The molecule has 0 atom stereocenters. The first-order valence-electron chi connectivity index (χ1n) is 8.46. The molecular formula is C18H15ClFN5O4S. The van der Waals surface area contributed by atoms with Crippen molar-refractivity contribution in [3.05, 3.63) is 69.2 Å². The Kier molecular flexibility index (Phi) is 6.85. The van der Waals surface area contributed by atoms with E-state index in [0.717, 1.165) is 11.8 Å². The van der Waals surface area contributed by atoms with Gasteiger partial charge < -0.3 is 14.6 Å². The number of hydrogen-bond donors (Lipinski definition) is 1. The molecule has 9 nitrogen and oxygen atoms in total. The number of halogens is 2. The van der Waals surface area contributed by atoms with Gasteiger partial charge in [-0.25, -0.2) is 4.39 Å². The number of nitrogens with zero attached hydrogens (tertiary/aromatic N) is 4. The number of hydrogen-bond acceptors (Lipinski definition) is 7. The van der Waals surface area contributed by atoms with Crippen molar-refractivity contribution in [3.63, 3.8) is 0 Å². The van der Waals surface area contributed by atoms with Crippen LogP contribution in [0.3, 0.4) is 0 Å². The van der Waals surface area contributed by atoms with E-state index >= 15 is 0 Å². The molecule has 12 heteroatoms. The Morgan fingerprint density at radius 1 is 1.30 bits per heavy atom. The molecule has 0 spiro atoms. The summed E-state index contributed by atoms with van der Waals surface area (Å²) in [4.78, 5) is 22.5. The number of ether oxygens (including phenoxy) is 1. The van der Waals surface area contributed by atoms with E-state index in [1.165, 1.54) is 42.5 Å². The van der Waals surface area contributed by atoms with Crippen LogP contribution in [0.15, 0.2) is 47.6 Å². The molecule has 1 heterocycles. The van der Waals surface area contributed by atoms with Crippen LogP contribution in [0.2, 0.25) is 5.02 Å². The Bertz CT molecular complexity index is 1080. The van der Waals surface area contributed by atoms with E-state index in [0.29, 0.717) is 16.7 Å². The minimum Gasteiger partial charge on any atom is -0.486 e. The highest BCUT2D eigenvalue weighted by Gasteiger charge is 2.15. The van der Waals surface area contributed by atoms with Crippen molar-refractivity contribution >= 4 is 40.6 Å². The lowest BCUT2D eigenvalue weighted by Gasteiger charge is -2.07. The summed E-state index contributed by atoms with van der Waals surface area (Å²) in [6, 6.07) is 9.61. The molecule has 0 aliphatic heterocycles. The van der Waals surface area contributed by atoms with Crippen molar-refractivity contribution in [3.8, 4) is 5.75 Å². The summed E-state index contributed by atoms with van der Waals surface area (Å²) in [6.45, 7) is 0.121. The first kappa shape index (κ1) is 21.5. The van der Waals surface area contributed by atoms with Gasteiger partial charge in [-0.2, -0.15) is 0 Å². The average molecular weight is 452 g/mol. The maximum Gasteiger partial charge on any atom is 0.289 e. The molecule has 0 aliphatic carbocycles. The van der Waals surface area contributed by atoms with E-state index < -0.39 is 4.92 Å². The van der Waals surface area contributed by atoms with Crippen LogP contribution < -0.4 is 10.1 Å². The van der Waals surface area contributed by atoms with Gasteiger partial charge in [0.15, 0.2) is 11.0 Å². The Morgan fingerprint density at radius 2 is 2.03 bits per heavy atom. The van der Waals surface area contributed by atoms with Gasteiger partial charge in [0.25, 0.3) is 5.69 Å². The van der Waals surface area contributed by atoms with E-state index in [9.17, 15) is 19.3 Å². The predicted molar refractivity (Wildman–Crippen MR) is 109 cm³/mol. The van der Waals surface area contributed by atoms with Crippen molar-refractivity contribution in [1.82, 2.24) is 14.8 Å². The van der Waals surface area contributed by atoms with Crippen LogP contribution in [-0.4, -0.2) is 31.3 Å². The molecule has 0 radical (unpaired) electrons. The molecule has 0 saturated carbocycles.